The SMILES string of the molecule is CCOc1ccc(NC(=O)Cn2cc([N+](=O)[O-])nc2C)c(C(N)=O)c1. The number of nitro groups is 1. The van der Waals surface area contributed by atoms with Crippen LogP contribution in [0.15, 0.2) is 24.4 Å². The molecule has 0 bridgehead atoms. The highest BCUT2D eigenvalue weighted by atomic mass is 16.6. The van der Waals surface area contributed by atoms with Crippen molar-refractivity contribution >= 4 is 23.3 Å². The zero-order valence-electron chi connectivity index (χ0n) is 13.7. The fourth-order valence-electron chi connectivity index (χ4n) is 2.18. The maximum Gasteiger partial charge on any atom is 0.381 e. The summed E-state index contributed by atoms with van der Waals surface area (Å²) in [5.74, 6) is -0.767. The van der Waals surface area contributed by atoms with Crippen LogP contribution in [0.5, 0.6) is 5.75 Å². The third kappa shape index (κ3) is 4.31. The second-order valence-corrected chi connectivity index (χ2v) is 5.08. The van der Waals surface area contributed by atoms with E-state index in [0.29, 0.717) is 18.2 Å². The van der Waals surface area contributed by atoms with Gasteiger partial charge in [0.1, 0.15) is 18.5 Å². The number of nitrogens with zero attached hydrogens (tertiary/aromatic N) is 3. The topological polar surface area (TPSA) is 142 Å². The molecular formula is C15H17N5O5. The first-order valence-corrected chi connectivity index (χ1v) is 7.36. The Morgan fingerprint density at radius 2 is 2.16 bits per heavy atom. The Kier molecular flexibility index (Phi) is 5.32. The van der Waals surface area contributed by atoms with Crippen molar-refractivity contribution in [2.45, 2.75) is 20.4 Å². The molecule has 3 N–H and O–H groups in total. The van der Waals surface area contributed by atoms with Gasteiger partial charge in [0.15, 0.2) is 0 Å². The molecule has 0 radical (unpaired) electrons. The van der Waals surface area contributed by atoms with Crippen molar-refractivity contribution < 1.29 is 19.2 Å². The summed E-state index contributed by atoms with van der Waals surface area (Å²) in [6, 6.07) is 4.54. The molecule has 0 aliphatic heterocycles. The van der Waals surface area contributed by atoms with Gasteiger partial charge in [-0.2, -0.15) is 0 Å². The zero-order chi connectivity index (χ0) is 18.6. The predicted molar refractivity (Wildman–Crippen MR) is 88.4 cm³/mol. The number of carbonyl (C=O) groups excluding carboxylic acids is 2. The van der Waals surface area contributed by atoms with E-state index < -0.39 is 16.7 Å². The highest BCUT2D eigenvalue weighted by molar-refractivity contribution is 6.03. The number of ether oxygens (including phenoxy) is 1. The molecule has 0 saturated carbocycles. The number of aryl methyl sites for hydroxylation is 1. The van der Waals surface area contributed by atoms with Crippen LogP contribution in [-0.2, 0) is 11.3 Å². The Bertz CT molecular complexity index is 830. The fraction of sp³-hybridized carbons (Fsp3) is 0.267. The predicted octanol–water partition coefficient (Wildman–Crippen LogP) is 1.24. The Morgan fingerprint density at radius 3 is 2.72 bits per heavy atom. The minimum Gasteiger partial charge on any atom is -0.494 e. The van der Waals surface area contributed by atoms with E-state index in [1.54, 1.807) is 19.9 Å². The molecule has 0 atom stereocenters. The van der Waals surface area contributed by atoms with Crippen molar-refractivity contribution in [2.75, 3.05) is 11.9 Å². The van der Waals surface area contributed by atoms with Crippen LogP contribution in [0.25, 0.3) is 0 Å². The van der Waals surface area contributed by atoms with E-state index in [9.17, 15) is 19.7 Å². The summed E-state index contributed by atoms with van der Waals surface area (Å²) in [6.45, 7) is 3.57. The second kappa shape index (κ2) is 7.43. The number of anilines is 1. The van der Waals surface area contributed by atoms with E-state index in [0.717, 1.165) is 0 Å². The standard InChI is InChI=1S/C15H17N5O5/c1-3-25-10-4-5-12(11(6-10)15(16)22)18-14(21)8-19-7-13(20(23)24)17-9(19)2/h4-7H,3,8H2,1-2H3,(H2,16,22)(H,18,21). The van der Waals surface area contributed by atoms with Gasteiger partial charge in [0, 0.05) is 6.92 Å². The number of primary amides is 1. The molecule has 10 heteroatoms. The number of imidazole rings is 1. The maximum atomic E-state index is 12.2. The first-order chi connectivity index (χ1) is 11.8. The van der Waals surface area contributed by atoms with E-state index in [1.807, 2.05) is 0 Å². The van der Waals surface area contributed by atoms with Crippen LogP contribution >= 0.6 is 0 Å². The van der Waals surface area contributed by atoms with Gasteiger partial charge in [-0.1, -0.05) is 0 Å². The molecular weight excluding hydrogens is 330 g/mol. The largest absolute Gasteiger partial charge is 0.494 e. The first-order valence-electron chi connectivity index (χ1n) is 7.36. The van der Waals surface area contributed by atoms with Gasteiger partial charge < -0.3 is 25.9 Å². The first kappa shape index (κ1) is 17.9. The lowest BCUT2D eigenvalue weighted by Crippen LogP contribution is -2.22. The normalized spacial score (nSPS) is 10.3. The summed E-state index contributed by atoms with van der Waals surface area (Å²) in [7, 11) is 0. The van der Waals surface area contributed by atoms with Crippen LogP contribution in [-0.4, -0.2) is 32.9 Å². The van der Waals surface area contributed by atoms with Crippen LogP contribution in [0, 0.1) is 17.0 Å². The third-order valence-electron chi connectivity index (χ3n) is 3.31. The lowest BCUT2D eigenvalue weighted by Gasteiger charge is -2.11. The van der Waals surface area contributed by atoms with Crippen LogP contribution in [0.2, 0.25) is 0 Å². The number of amides is 2. The molecule has 2 rings (SSSR count). The van der Waals surface area contributed by atoms with Gasteiger partial charge in [0.2, 0.25) is 11.7 Å². The van der Waals surface area contributed by atoms with Gasteiger partial charge in [0.25, 0.3) is 5.91 Å². The Labute approximate surface area is 142 Å². The van der Waals surface area contributed by atoms with Crippen molar-refractivity contribution in [3.63, 3.8) is 0 Å². The molecule has 10 nitrogen and oxygen atoms in total. The van der Waals surface area contributed by atoms with Crippen molar-refractivity contribution in [3.05, 3.63) is 45.9 Å². The lowest BCUT2D eigenvalue weighted by atomic mass is 10.1. The quantitative estimate of drug-likeness (QED) is 0.570. The molecule has 2 amide bonds. The summed E-state index contributed by atoms with van der Waals surface area (Å²) in [4.78, 5) is 37.6. The molecule has 0 unspecified atom stereocenters. The van der Waals surface area contributed by atoms with Crippen molar-refractivity contribution in [1.82, 2.24) is 9.55 Å². The van der Waals surface area contributed by atoms with Crippen molar-refractivity contribution in [3.8, 4) is 5.75 Å². The molecule has 25 heavy (non-hydrogen) atoms. The van der Waals surface area contributed by atoms with Crippen molar-refractivity contribution in [1.29, 1.82) is 0 Å². The summed E-state index contributed by atoms with van der Waals surface area (Å²) < 4.78 is 6.64. The molecule has 1 heterocycles. The van der Waals surface area contributed by atoms with Gasteiger partial charge in [-0.3, -0.25) is 14.2 Å². The minimum atomic E-state index is -0.716. The number of hydrogen-bond donors (Lipinski definition) is 2. The maximum absolute atomic E-state index is 12.2. The molecule has 2 aromatic rings. The average molecular weight is 347 g/mol. The Balaban J connectivity index is 2.17. The van der Waals surface area contributed by atoms with Gasteiger partial charge in [-0.05, 0) is 35.0 Å². The summed E-state index contributed by atoms with van der Waals surface area (Å²) in [6.07, 6.45) is 1.17. The van der Waals surface area contributed by atoms with E-state index in [4.69, 9.17) is 10.5 Å². The van der Waals surface area contributed by atoms with Crippen LogP contribution in [0.3, 0.4) is 0 Å². The van der Waals surface area contributed by atoms with Gasteiger partial charge >= 0.3 is 5.82 Å². The summed E-state index contributed by atoms with van der Waals surface area (Å²) >= 11 is 0. The molecule has 0 aliphatic carbocycles. The smallest absolute Gasteiger partial charge is 0.381 e. The van der Waals surface area contributed by atoms with Crippen LogP contribution in [0.1, 0.15) is 23.1 Å². The van der Waals surface area contributed by atoms with E-state index >= 15 is 0 Å². The van der Waals surface area contributed by atoms with Gasteiger partial charge in [0.05, 0.1) is 17.9 Å². The second-order valence-electron chi connectivity index (χ2n) is 5.08. The number of nitrogens with one attached hydrogen (secondary N) is 1. The minimum absolute atomic E-state index is 0.104. The molecule has 0 fully saturated rings. The summed E-state index contributed by atoms with van der Waals surface area (Å²) in [5, 5.41) is 13.3. The van der Waals surface area contributed by atoms with E-state index in [2.05, 4.69) is 10.3 Å². The van der Waals surface area contributed by atoms with E-state index in [-0.39, 0.29) is 23.6 Å². The number of benzene rings is 1. The number of rotatable bonds is 7. The Morgan fingerprint density at radius 1 is 1.44 bits per heavy atom. The molecule has 1 aromatic carbocycles. The average Bonchev–Trinajstić information content (AvgIpc) is 2.90. The van der Waals surface area contributed by atoms with Gasteiger partial charge in [-0.15, -0.1) is 0 Å². The highest BCUT2D eigenvalue weighted by Crippen LogP contribution is 2.22. The van der Waals surface area contributed by atoms with Gasteiger partial charge in [-0.25, -0.2) is 0 Å². The van der Waals surface area contributed by atoms with Crippen LogP contribution < -0.4 is 15.8 Å². The zero-order valence-corrected chi connectivity index (χ0v) is 13.7. The number of nitrogens with two attached hydrogens (primary N) is 1. The molecule has 1 aromatic heterocycles. The Hall–Kier alpha value is -3.43. The number of aromatic nitrogens is 2. The van der Waals surface area contributed by atoms with E-state index in [1.165, 1.54) is 22.9 Å². The number of carbonyl (C=O) groups is 2. The summed E-state index contributed by atoms with van der Waals surface area (Å²) in [5.41, 5.74) is 5.67. The molecule has 0 spiro atoms. The molecule has 132 valence electrons. The fourth-order valence-corrected chi connectivity index (χ4v) is 2.18. The highest BCUT2D eigenvalue weighted by Gasteiger charge is 2.18. The molecule has 0 aliphatic rings. The monoisotopic (exact) mass is 347 g/mol. The lowest BCUT2D eigenvalue weighted by molar-refractivity contribution is -0.389. The molecule has 0 saturated heterocycles. The van der Waals surface area contributed by atoms with Crippen LogP contribution in [0.4, 0.5) is 11.5 Å². The number of hydrogen-bond acceptors (Lipinski definition) is 6. The third-order valence-corrected chi connectivity index (χ3v) is 3.31. The van der Waals surface area contributed by atoms with Crippen molar-refractivity contribution in [2.24, 2.45) is 5.73 Å².